The smallest absolute Gasteiger partial charge is 0.356 e. The summed E-state index contributed by atoms with van der Waals surface area (Å²) >= 11 is 5.70. The molecule has 0 aromatic carbocycles. The monoisotopic (exact) mass is 243 g/mol. The molecule has 0 unspecified atom stereocenters. The first kappa shape index (κ1) is 12.8. The Bertz CT molecular complexity index is 404. The van der Waals surface area contributed by atoms with Gasteiger partial charge in [0.15, 0.2) is 5.69 Å². The molecule has 0 aliphatic rings. The van der Waals surface area contributed by atoms with E-state index < -0.39 is 5.97 Å². The second-order valence-corrected chi connectivity index (χ2v) is 4.41. The zero-order valence-electron chi connectivity index (χ0n) is 9.45. The number of carboxylic acids is 1. The standard InChI is InChI=1S/C11H14ClNO3/c1-4-11(2,3)16-8-6-5-7(12)9(13-8)10(14)15/h5-6H,4H2,1-3H3,(H,14,15). The summed E-state index contributed by atoms with van der Waals surface area (Å²) < 4.78 is 5.56. The highest BCUT2D eigenvalue weighted by atomic mass is 35.5. The fourth-order valence-corrected chi connectivity index (χ4v) is 1.17. The summed E-state index contributed by atoms with van der Waals surface area (Å²) in [4.78, 5) is 14.7. The van der Waals surface area contributed by atoms with Gasteiger partial charge in [0.2, 0.25) is 5.88 Å². The Hall–Kier alpha value is -1.29. The number of hydrogen-bond acceptors (Lipinski definition) is 3. The lowest BCUT2D eigenvalue weighted by Gasteiger charge is -2.24. The molecule has 1 heterocycles. The minimum absolute atomic E-state index is 0.106. The van der Waals surface area contributed by atoms with E-state index in [1.165, 1.54) is 6.07 Å². The van der Waals surface area contributed by atoms with Crippen molar-refractivity contribution in [2.24, 2.45) is 0 Å². The molecule has 0 aliphatic carbocycles. The average molecular weight is 244 g/mol. The molecule has 5 heteroatoms. The summed E-state index contributed by atoms with van der Waals surface area (Å²) in [5.41, 5.74) is -0.567. The first-order valence-corrected chi connectivity index (χ1v) is 5.32. The SMILES string of the molecule is CCC(C)(C)Oc1ccc(Cl)c(C(=O)O)n1. The van der Waals surface area contributed by atoms with Gasteiger partial charge < -0.3 is 9.84 Å². The summed E-state index contributed by atoms with van der Waals surface area (Å²) in [5, 5.41) is 8.95. The largest absolute Gasteiger partial charge is 0.476 e. The highest BCUT2D eigenvalue weighted by Gasteiger charge is 2.19. The van der Waals surface area contributed by atoms with Crippen molar-refractivity contribution in [3.8, 4) is 5.88 Å². The third kappa shape index (κ3) is 3.10. The van der Waals surface area contributed by atoms with Crippen LogP contribution < -0.4 is 4.74 Å². The van der Waals surface area contributed by atoms with Crippen LogP contribution in [0.5, 0.6) is 5.88 Å². The van der Waals surface area contributed by atoms with Crippen molar-refractivity contribution in [3.05, 3.63) is 22.8 Å². The molecule has 0 aliphatic heterocycles. The summed E-state index contributed by atoms with van der Waals surface area (Å²) in [6.07, 6.45) is 0.791. The van der Waals surface area contributed by atoms with E-state index in [1.807, 2.05) is 20.8 Å². The molecule has 0 saturated carbocycles. The summed E-state index contributed by atoms with van der Waals surface area (Å²) in [7, 11) is 0. The molecule has 0 bridgehead atoms. The van der Waals surface area contributed by atoms with E-state index in [1.54, 1.807) is 6.07 Å². The number of aromatic carboxylic acids is 1. The molecule has 0 spiro atoms. The maximum absolute atomic E-state index is 10.8. The minimum atomic E-state index is -1.16. The number of aromatic nitrogens is 1. The van der Waals surface area contributed by atoms with Crippen molar-refractivity contribution >= 4 is 17.6 Å². The Balaban J connectivity index is 3.00. The lowest BCUT2D eigenvalue weighted by molar-refractivity contribution is 0.0681. The molecule has 1 rings (SSSR count). The van der Waals surface area contributed by atoms with Gasteiger partial charge in [0.25, 0.3) is 0 Å². The number of pyridine rings is 1. The van der Waals surface area contributed by atoms with Gasteiger partial charge >= 0.3 is 5.97 Å². The predicted octanol–water partition coefficient (Wildman–Crippen LogP) is 3.00. The van der Waals surface area contributed by atoms with Gasteiger partial charge in [-0.15, -0.1) is 0 Å². The van der Waals surface area contributed by atoms with Crippen molar-refractivity contribution in [1.29, 1.82) is 0 Å². The average Bonchev–Trinajstić information content (AvgIpc) is 2.20. The molecule has 4 nitrogen and oxygen atoms in total. The van der Waals surface area contributed by atoms with E-state index in [-0.39, 0.29) is 22.2 Å². The van der Waals surface area contributed by atoms with Crippen LogP contribution in [0.2, 0.25) is 5.02 Å². The zero-order valence-corrected chi connectivity index (χ0v) is 10.2. The van der Waals surface area contributed by atoms with Gasteiger partial charge in [-0.2, -0.15) is 0 Å². The summed E-state index contributed by atoms with van der Waals surface area (Å²) in [5.74, 6) is -0.890. The third-order valence-corrected chi connectivity index (χ3v) is 2.56. The zero-order chi connectivity index (χ0) is 12.3. The van der Waals surface area contributed by atoms with Gasteiger partial charge in [-0.1, -0.05) is 18.5 Å². The van der Waals surface area contributed by atoms with E-state index in [4.69, 9.17) is 21.4 Å². The highest BCUT2D eigenvalue weighted by molar-refractivity contribution is 6.33. The number of nitrogens with zero attached hydrogens (tertiary/aromatic N) is 1. The van der Waals surface area contributed by atoms with Crippen LogP contribution in [-0.4, -0.2) is 21.7 Å². The van der Waals surface area contributed by atoms with Crippen LogP contribution in [0.4, 0.5) is 0 Å². The Kier molecular flexibility index (Phi) is 3.75. The van der Waals surface area contributed by atoms with Crippen molar-refractivity contribution in [1.82, 2.24) is 4.98 Å². The molecule has 0 atom stereocenters. The van der Waals surface area contributed by atoms with E-state index in [0.717, 1.165) is 6.42 Å². The van der Waals surface area contributed by atoms with E-state index >= 15 is 0 Å². The van der Waals surface area contributed by atoms with Gasteiger partial charge in [-0.3, -0.25) is 0 Å². The topological polar surface area (TPSA) is 59.4 Å². The van der Waals surface area contributed by atoms with Gasteiger partial charge in [-0.05, 0) is 26.3 Å². The van der Waals surface area contributed by atoms with Crippen LogP contribution in [-0.2, 0) is 0 Å². The van der Waals surface area contributed by atoms with Crippen LogP contribution in [0.15, 0.2) is 12.1 Å². The normalized spacial score (nSPS) is 11.2. The molecule has 0 radical (unpaired) electrons. The van der Waals surface area contributed by atoms with Crippen molar-refractivity contribution in [2.75, 3.05) is 0 Å². The van der Waals surface area contributed by atoms with Crippen molar-refractivity contribution in [2.45, 2.75) is 32.8 Å². The number of hydrogen-bond donors (Lipinski definition) is 1. The first-order chi connectivity index (χ1) is 7.35. The molecule has 1 aromatic rings. The van der Waals surface area contributed by atoms with Crippen molar-refractivity contribution in [3.63, 3.8) is 0 Å². The predicted molar refractivity (Wildman–Crippen MR) is 61.2 cm³/mol. The second-order valence-electron chi connectivity index (χ2n) is 4.00. The van der Waals surface area contributed by atoms with Gasteiger partial charge in [0, 0.05) is 6.07 Å². The first-order valence-electron chi connectivity index (χ1n) is 4.94. The van der Waals surface area contributed by atoms with Crippen LogP contribution in [0, 0.1) is 0 Å². The van der Waals surface area contributed by atoms with E-state index in [0.29, 0.717) is 0 Å². The van der Waals surface area contributed by atoms with E-state index in [2.05, 4.69) is 4.98 Å². The highest BCUT2D eigenvalue weighted by Crippen LogP contribution is 2.22. The fraction of sp³-hybridized carbons (Fsp3) is 0.455. The maximum Gasteiger partial charge on any atom is 0.356 e. The lowest BCUT2D eigenvalue weighted by atomic mass is 10.1. The Morgan fingerprint density at radius 1 is 1.56 bits per heavy atom. The van der Waals surface area contributed by atoms with Crippen molar-refractivity contribution < 1.29 is 14.6 Å². The number of halogens is 1. The Labute approximate surface area is 99.2 Å². The molecule has 16 heavy (non-hydrogen) atoms. The number of carbonyl (C=O) groups is 1. The van der Waals surface area contributed by atoms with Crippen LogP contribution in [0.25, 0.3) is 0 Å². The second kappa shape index (κ2) is 4.70. The quantitative estimate of drug-likeness (QED) is 0.883. The fourth-order valence-electron chi connectivity index (χ4n) is 0.986. The molecule has 0 fully saturated rings. The molecule has 1 aromatic heterocycles. The van der Waals surface area contributed by atoms with Gasteiger partial charge in [0.05, 0.1) is 5.02 Å². The van der Waals surface area contributed by atoms with Gasteiger partial charge in [-0.25, -0.2) is 9.78 Å². The maximum atomic E-state index is 10.8. The molecule has 0 saturated heterocycles. The Morgan fingerprint density at radius 2 is 2.19 bits per heavy atom. The summed E-state index contributed by atoms with van der Waals surface area (Å²) in [6, 6.07) is 3.03. The Morgan fingerprint density at radius 3 is 2.69 bits per heavy atom. The molecule has 0 amide bonds. The summed E-state index contributed by atoms with van der Waals surface area (Å²) in [6.45, 7) is 5.79. The van der Waals surface area contributed by atoms with Gasteiger partial charge in [0.1, 0.15) is 5.60 Å². The lowest BCUT2D eigenvalue weighted by Crippen LogP contribution is -2.27. The molecular formula is C11H14ClNO3. The third-order valence-electron chi connectivity index (χ3n) is 2.26. The van der Waals surface area contributed by atoms with E-state index in [9.17, 15) is 4.79 Å². The minimum Gasteiger partial charge on any atom is -0.476 e. The van der Waals surface area contributed by atoms with Crippen LogP contribution in [0.3, 0.4) is 0 Å². The number of ether oxygens (including phenoxy) is 1. The van der Waals surface area contributed by atoms with Crippen LogP contribution in [0.1, 0.15) is 37.7 Å². The van der Waals surface area contributed by atoms with Crippen LogP contribution >= 0.6 is 11.6 Å². The molecular weight excluding hydrogens is 230 g/mol. The molecule has 1 N–H and O–H groups in total. The number of rotatable bonds is 4. The number of carboxylic acid groups (broad SMARTS) is 1. The molecule has 88 valence electrons.